The highest BCUT2D eigenvalue weighted by Crippen LogP contribution is 2.05. The van der Waals surface area contributed by atoms with E-state index in [0.717, 1.165) is 18.4 Å². The Kier molecular flexibility index (Phi) is 4.74. The lowest BCUT2D eigenvalue weighted by Crippen LogP contribution is -2.09. The maximum Gasteiger partial charge on any atom is 0.0590 e. The number of aliphatic hydroxyl groups is 1. The first-order valence-corrected chi connectivity index (χ1v) is 4.79. The Balaban J connectivity index is 2.33. The quantitative estimate of drug-likeness (QED) is 0.732. The monoisotopic (exact) mass is 189 g/mol. The zero-order valence-corrected chi connectivity index (χ0v) is 8.40. The van der Waals surface area contributed by atoms with Gasteiger partial charge in [0, 0.05) is 18.8 Å². The largest absolute Gasteiger partial charge is 0.393 e. The summed E-state index contributed by atoms with van der Waals surface area (Å²) in [6.45, 7) is 1.81. The van der Waals surface area contributed by atoms with Crippen LogP contribution in [0.3, 0.4) is 0 Å². The van der Waals surface area contributed by atoms with Gasteiger partial charge in [-0.25, -0.2) is 0 Å². The minimum absolute atomic E-state index is 0.306. The molecule has 0 fully saturated rings. The molecule has 1 heterocycles. The Morgan fingerprint density at radius 1 is 1.57 bits per heavy atom. The summed E-state index contributed by atoms with van der Waals surface area (Å²) >= 11 is 0. The summed E-state index contributed by atoms with van der Waals surface area (Å²) in [7, 11) is 0. The summed E-state index contributed by atoms with van der Waals surface area (Å²) < 4.78 is 0. The van der Waals surface area contributed by atoms with Crippen molar-refractivity contribution in [2.45, 2.75) is 32.3 Å². The van der Waals surface area contributed by atoms with Crippen molar-refractivity contribution in [3.63, 3.8) is 0 Å². The molecule has 0 aromatic carbocycles. The van der Waals surface area contributed by atoms with E-state index in [1.165, 1.54) is 0 Å². The van der Waals surface area contributed by atoms with Crippen molar-refractivity contribution in [2.24, 2.45) is 0 Å². The van der Waals surface area contributed by atoms with E-state index in [-0.39, 0.29) is 6.10 Å². The lowest BCUT2D eigenvalue weighted by molar-refractivity contribution is 0.166. The van der Waals surface area contributed by atoms with Crippen LogP contribution in [-0.4, -0.2) is 16.2 Å². The van der Waals surface area contributed by atoms with Gasteiger partial charge in [0.25, 0.3) is 0 Å². The molecule has 2 nitrogen and oxygen atoms in total. The van der Waals surface area contributed by atoms with E-state index in [1.807, 2.05) is 19.1 Å². The van der Waals surface area contributed by atoms with E-state index in [9.17, 15) is 5.11 Å². The highest BCUT2D eigenvalue weighted by atomic mass is 16.3. The Morgan fingerprint density at radius 3 is 3.07 bits per heavy atom. The van der Waals surface area contributed by atoms with Gasteiger partial charge in [-0.2, -0.15) is 0 Å². The van der Waals surface area contributed by atoms with Crippen molar-refractivity contribution >= 4 is 0 Å². The summed E-state index contributed by atoms with van der Waals surface area (Å²) in [4.78, 5) is 4.00. The third-order valence-electron chi connectivity index (χ3n) is 1.97. The molecule has 0 aliphatic carbocycles. The van der Waals surface area contributed by atoms with Gasteiger partial charge in [-0.05, 0) is 31.4 Å². The van der Waals surface area contributed by atoms with Crippen molar-refractivity contribution in [1.29, 1.82) is 0 Å². The zero-order valence-electron chi connectivity index (χ0n) is 8.40. The van der Waals surface area contributed by atoms with Crippen LogP contribution in [0.15, 0.2) is 24.5 Å². The molecule has 1 N–H and O–H groups in total. The van der Waals surface area contributed by atoms with Gasteiger partial charge in [-0.3, -0.25) is 4.98 Å². The van der Waals surface area contributed by atoms with Gasteiger partial charge in [-0.15, -0.1) is 11.8 Å². The van der Waals surface area contributed by atoms with Crippen molar-refractivity contribution in [3.8, 4) is 11.8 Å². The van der Waals surface area contributed by atoms with Crippen molar-refractivity contribution < 1.29 is 5.11 Å². The molecule has 1 rings (SSSR count). The van der Waals surface area contributed by atoms with Crippen LogP contribution in [0.2, 0.25) is 0 Å². The van der Waals surface area contributed by atoms with E-state index in [1.54, 1.807) is 12.4 Å². The van der Waals surface area contributed by atoms with Crippen LogP contribution >= 0.6 is 0 Å². The topological polar surface area (TPSA) is 33.1 Å². The average molecular weight is 189 g/mol. The summed E-state index contributed by atoms with van der Waals surface area (Å²) in [6, 6.07) is 3.86. The number of aliphatic hydroxyl groups excluding tert-OH is 1. The van der Waals surface area contributed by atoms with Crippen molar-refractivity contribution in [1.82, 2.24) is 4.98 Å². The predicted molar refractivity (Wildman–Crippen MR) is 56.6 cm³/mol. The molecule has 0 amide bonds. The molecule has 1 unspecified atom stereocenters. The first-order chi connectivity index (χ1) is 6.83. The van der Waals surface area contributed by atoms with Gasteiger partial charge in [-0.1, -0.05) is 6.07 Å². The Bertz CT molecular complexity index is 310. The van der Waals surface area contributed by atoms with Crippen LogP contribution in [0.5, 0.6) is 0 Å². The fraction of sp³-hybridized carbons (Fsp3) is 0.417. The molecule has 0 aliphatic heterocycles. The second-order valence-corrected chi connectivity index (χ2v) is 3.18. The third kappa shape index (κ3) is 4.06. The standard InChI is InChI=1S/C12H15NO/c1-2-3-4-7-12(14)9-11-6-5-8-13-10-11/h5-6,8,10,12,14H,4,7,9H2,1H3. The lowest BCUT2D eigenvalue weighted by Gasteiger charge is -2.07. The molecule has 0 saturated carbocycles. The molecule has 0 radical (unpaired) electrons. The molecule has 0 bridgehead atoms. The minimum Gasteiger partial charge on any atom is -0.393 e. The first kappa shape index (κ1) is 10.7. The van der Waals surface area contributed by atoms with Crippen LogP contribution in [0.1, 0.15) is 25.3 Å². The SMILES string of the molecule is CC#CCCC(O)Cc1cccnc1. The molecular formula is C12H15NO. The van der Waals surface area contributed by atoms with E-state index < -0.39 is 0 Å². The van der Waals surface area contributed by atoms with E-state index >= 15 is 0 Å². The third-order valence-corrected chi connectivity index (χ3v) is 1.97. The van der Waals surface area contributed by atoms with E-state index in [4.69, 9.17) is 0 Å². The second kappa shape index (κ2) is 6.17. The van der Waals surface area contributed by atoms with Gasteiger partial charge >= 0.3 is 0 Å². The predicted octanol–water partition coefficient (Wildman–Crippen LogP) is 1.79. The molecule has 0 aliphatic rings. The first-order valence-electron chi connectivity index (χ1n) is 4.79. The summed E-state index contributed by atoms with van der Waals surface area (Å²) in [5, 5.41) is 9.63. The van der Waals surface area contributed by atoms with Gasteiger partial charge < -0.3 is 5.11 Å². The second-order valence-electron chi connectivity index (χ2n) is 3.18. The number of hydrogen-bond donors (Lipinski definition) is 1. The molecule has 1 atom stereocenters. The summed E-state index contributed by atoms with van der Waals surface area (Å²) in [5.41, 5.74) is 1.07. The molecule has 1 aromatic rings. The smallest absolute Gasteiger partial charge is 0.0590 e. The number of nitrogens with zero attached hydrogens (tertiary/aromatic N) is 1. The number of hydrogen-bond acceptors (Lipinski definition) is 2. The lowest BCUT2D eigenvalue weighted by atomic mass is 10.1. The Morgan fingerprint density at radius 2 is 2.43 bits per heavy atom. The molecule has 2 heteroatoms. The van der Waals surface area contributed by atoms with Gasteiger partial charge in [0.05, 0.1) is 6.10 Å². The van der Waals surface area contributed by atoms with Crippen LogP contribution in [0, 0.1) is 11.8 Å². The maximum absolute atomic E-state index is 9.63. The van der Waals surface area contributed by atoms with Crippen LogP contribution in [0.25, 0.3) is 0 Å². The molecular weight excluding hydrogens is 174 g/mol. The normalized spacial score (nSPS) is 11.6. The van der Waals surface area contributed by atoms with Gasteiger partial charge in [0.1, 0.15) is 0 Å². The van der Waals surface area contributed by atoms with Crippen LogP contribution < -0.4 is 0 Å². The molecule has 0 spiro atoms. The molecule has 1 aromatic heterocycles. The average Bonchev–Trinajstić information content (AvgIpc) is 2.20. The van der Waals surface area contributed by atoms with E-state index in [0.29, 0.717) is 6.42 Å². The number of pyridine rings is 1. The van der Waals surface area contributed by atoms with Crippen LogP contribution in [0.4, 0.5) is 0 Å². The highest BCUT2D eigenvalue weighted by molar-refractivity contribution is 5.09. The summed E-state index contributed by atoms with van der Waals surface area (Å²) in [6.07, 6.45) is 5.38. The number of rotatable bonds is 4. The van der Waals surface area contributed by atoms with Gasteiger partial charge in [0.2, 0.25) is 0 Å². The fourth-order valence-electron chi connectivity index (χ4n) is 1.26. The maximum atomic E-state index is 9.63. The Labute approximate surface area is 85.0 Å². The summed E-state index contributed by atoms with van der Waals surface area (Å²) in [5.74, 6) is 5.75. The number of aromatic nitrogens is 1. The van der Waals surface area contributed by atoms with Crippen molar-refractivity contribution in [2.75, 3.05) is 0 Å². The molecule has 14 heavy (non-hydrogen) atoms. The molecule has 74 valence electrons. The van der Waals surface area contributed by atoms with Gasteiger partial charge in [0.15, 0.2) is 0 Å². The highest BCUT2D eigenvalue weighted by Gasteiger charge is 2.03. The Hall–Kier alpha value is -1.33. The fourth-order valence-corrected chi connectivity index (χ4v) is 1.26. The zero-order chi connectivity index (χ0) is 10.2. The van der Waals surface area contributed by atoms with Crippen molar-refractivity contribution in [3.05, 3.63) is 30.1 Å². The van der Waals surface area contributed by atoms with Crippen LogP contribution in [-0.2, 0) is 6.42 Å². The molecule has 0 saturated heterocycles. The van der Waals surface area contributed by atoms with E-state index in [2.05, 4.69) is 16.8 Å². The minimum atomic E-state index is -0.306.